The molecule has 1 heterocycles. The van der Waals surface area contributed by atoms with E-state index in [1.54, 1.807) is 11.6 Å². The molecule has 0 fully saturated rings. The van der Waals surface area contributed by atoms with E-state index in [4.69, 9.17) is 0 Å². The molecule has 0 aliphatic rings. The maximum Gasteiger partial charge on any atom is 0.245 e. The van der Waals surface area contributed by atoms with Gasteiger partial charge in [0, 0.05) is 19.5 Å². The third kappa shape index (κ3) is 4.78. The summed E-state index contributed by atoms with van der Waals surface area (Å²) in [7, 11) is 1.85. The van der Waals surface area contributed by atoms with Crippen molar-refractivity contribution in [1.29, 1.82) is 0 Å². The smallest absolute Gasteiger partial charge is 0.245 e. The number of likely N-dealkylation sites (N-methyl/N-ethyl adjacent to an activating group) is 1. The lowest BCUT2D eigenvalue weighted by Gasteiger charge is -2.17. The normalized spacial score (nSPS) is 11.5. The summed E-state index contributed by atoms with van der Waals surface area (Å²) in [6, 6.07) is 9.41. The maximum absolute atomic E-state index is 12.4. The lowest BCUT2D eigenvalue weighted by atomic mass is 10.1. The van der Waals surface area contributed by atoms with Gasteiger partial charge >= 0.3 is 0 Å². The first-order chi connectivity index (χ1) is 10.2. The van der Waals surface area contributed by atoms with Gasteiger partial charge in [-0.1, -0.05) is 30.3 Å². The van der Waals surface area contributed by atoms with Gasteiger partial charge in [-0.15, -0.1) is 17.5 Å². The number of aryl methyl sites for hydroxylation is 1. The van der Waals surface area contributed by atoms with Crippen molar-refractivity contribution in [3.05, 3.63) is 41.7 Å². The molecule has 1 aromatic carbocycles. The van der Waals surface area contributed by atoms with Gasteiger partial charge in [0.25, 0.3) is 0 Å². The minimum Gasteiger partial charge on any atom is -0.353 e. The van der Waals surface area contributed by atoms with Crippen LogP contribution < -0.4 is 10.6 Å². The fourth-order valence-electron chi connectivity index (χ4n) is 2.08. The zero-order chi connectivity index (χ0) is 15.1. The van der Waals surface area contributed by atoms with Crippen LogP contribution in [0.25, 0.3) is 0 Å². The highest BCUT2D eigenvalue weighted by Gasteiger charge is 2.23. The van der Waals surface area contributed by atoms with Crippen molar-refractivity contribution in [3.8, 4) is 0 Å². The third-order valence-corrected chi connectivity index (χ3v) is 3.20. The number of rotatable bonds is 7. The molecule has 120 valence electrons. The molecule has 0 spiro atoms. The number of aromatic nitrogens is 4. The fraction of sp³-hybridized carbons (Fsp3) is 0.429. The Bertz CT molecular complexity index is 574. The summed E-state index contributed by atoms with van der Waals surface area (Å²) in [4.78, 5) is 12.4. The third-order valence-electron chi connectivity index (χ3n) is 3.20. The number of hydrogen-bond acceptors (Lipinski definition) is 5. The Morgan fingerprint density at radius 2 is 2.00 bits per heavy atom. The zero-order valence-electron chi connectivity index (χ0n) is 12.7. The van der Waals surface area contributed by atoms with E-state index in [-0.39, 0.29) is 18.3 Å². The summed E-state index contributed by atoms with van der Waals surface area (Å²) in [6.45, 7) is 3.08. The average molecular weight is 325 g/mol. The largest absolute Gasteiger partial charge is 0.353 e. The second kappa shape index (κ2) is 9.11. The molecule has 0 aliphatic heterocycles. The van der Waals surface area contributed by atoms with Gasteiger partial charge in [0.1, 0.15) is 11.9 Å². The summed E-state index contributed by atoms with van der Waals surface area (Å²) in [6.07, 6.45) is 0.554. The number of halogens is 1. The Morgan fingerprint density at radius 3 is 2.59 bits per heavy atom. The predicted octanol–water partition coefficient (Wildman–Crippen LogP) is 0.523. The predicted molar refractivity (Wildman–Crippen MR) is 85.9 cm³/mol. The van der Waals surface area contributed by atoms with E-state index in [0.29, 0.717) is 18.8 Å². The van der Waals surface area contributed by atoms with Crippen LogP contribution in [0, 0.1) is 6.92 Å². The minimum absolute atomic E-state index is 0. The van der Waals surface area contributed by atoms with Gasteiger partial charge in [-0.2, -0.15) is 0 Å². The highest BCUT2D eigenvalue weighted by molar-refractivity contribution is 5.85. The number of carbonyl (C=O) groups excluding carboxylic acids is 1. The molecule has 1 amide bonds. The number of hydrogen-bond donors (Lipinski definition) is 2. The van der Waals surface area contributed by atoms with Crippen molar-refractivity contribution in [1.82, 2.24) is 30.8 Å². The van der Waals surface area contributed by atoms with Gasteiger partial charge in [0.2, 0.25) is 5.91 Å². The Kier molecular flexibility index (Phi) is 7.48. The topological polar surface area (TPSA) is 84.7 Å². The van der Waals surface area contributed by atoms with E-state index in [9.17, 15) is 4.79 Å². The lowest BCUT2D eigenvalue weighted by Crippen LogP contribution is -2.38. The van der Waals surface area contributed by atoms with Crippen molar-refractivity contribution in [2.75, 3.05) is 20.1 Å². The number of nitrogens with zero attached hydrogens (tertiary/aromatic N) is 4. The molecule has 0 radical (unpaired) electrons. The van der Waals surface area contributed by atoms with Crippen LogP contribution in [-0.4, -0.2) is 46.3 Å². The second-order valence-corrected chi connectivity index (χ2v) is 4.77. The molecule has 7 nitrogen and oxygen atoms in total. The van der Waals surface area contributed by atoms with Crippen LogP contribution in [0.4, 0.5) is 0 Å². The monoisotopic (exact) mass is 324 g/mol. The first kappa shape index (κ1) is 18.1. The fourth-order valence-corrected chi connectivity index (χ4v) is 2.08. The molecular weight excluding hydrogens is 304 g/mol. The van der Waals surface area contributed by atoms with Crippen LogP contribution in [0.2, 0.25) is 0 Å². The molecule has 8 heteroatoms. The molecule has 0 aliphatic carbocycles. The molecule has 1 aromatic heterocycles. The zero-order valence-corrected chi connectivity index (χ0v) is 13.5. The van der Waals surface area contributed by atoms with Gasteiger partial charge in [-0.25, -0.2) is 4.68 Å². The Balaban J connectivity index is 0.00000242. The van der Waals surface area contributed by atoms with E-state index >= 15 is 0 Å². The number of amides is 1. The minimum atomic E-state index is -0.445. The van der Waals surface area contributed by atoms with E-state index in [0.717, 1.165) is 12.1 Å². The van der Waals surface area contributed by atoms with Crippen LogP contribution in [0.1, 0.15) is 17.4 Å². The molecule has 0 saturated carbocycles. The highest BCUT2D eigenvalue weighted by atomic mass is 35.5. The first-order valence-electron chi connectivity index (χ1n) is 6.93. The molecule has 2 aromatic rings. The van der Waals surface area contributed by atoms with E-state index in [2.05, 4.69) is 26.2 Å². The standard InChI is InChI=1S/C14H20N6O.ClH/c1-11-17-18-19-20(11)13(14(21)16-9-8-15-2)10-12-6-4-3-5-7-12;/h3-7,13,15H,8-10H2,1-2H3,(H,16,21);1H. The van der Waals surface area contributed by atoms with Gasteiger partial charge in [0.05, 0.1) is 0 Å². The van der Waals surface area contributed by atoms with Crippen LogP contribution in [0.5, 0.6) is 0 Å². The summed E-state index contributed by atoms with van der Waals surface area (Å²) in [5.41, 5.74) is 1.07. The van der Waals surface area contributed by atoms with Crippen molar-refractivity contribution < 1.29 is 4.79 Å². The molecule has 2 rings (SSSR count). The summed E-state index contributed by atoms with van der Waals surface area (Å²) in [5.74, 6) is 0.546. The van der Waals surface area contributed by atoms with Crippen molar-refractivity contribution >= 4 is 18.3 Å². The van der Waals surface area contributed by atoms with Gasteiger partial charge in [-0.05, 0) is 30.0 Å². The number of nitrogens with one attached hydrogen (secondary N) is 2. The quantitative estimate of drug-likeness (QED) is 0.725. The number of benzene rings is 1. The molecule has 22 heavy (non-hydrogen) atoms. The molecule has 2 N–H and O–H groups in total. The van der Waals surface area contributed by atoms with Crippen LogP contribution in [0.15, 0.2) is 30.3 Å². The van der Waals surface area contributed by atoms with Crippen molar-refractivity contribution in [2.24, 2.45) is 0 Å². The summed E-state index contributed by atoms with van der Waals surface area (Å²) in [5, 5.41) is 17.3. The summed E-state index contributed by atoms with van der Waals surface area (Å²) < 4.78 is 1.57. The Labute approximate surface area is 135 Å². The highest BCUT2D eigenvalue weighted by Crippen LogP contribution is 2.14. The van der Waals surface area contributed by atoms with E-state index in [1.807, 2.05) is 37.4 Å². The number of carbonyl (C=O) groups is 1. The van der Waals surface area contributed by atoms with Gasteiger partial charge in [-0.3, -0.25) is 4.79 Å². The van der Waals surface area contributed by atoms with Crippen LogP contribution >= 0.6 is 12.4 Å². The van der Waals surface area contributed by atoms with Crippen molar-refractivity contribution in [2.45, 2.75) is 19.4 Å². The van der Waals surface area contributed by atoms with E-state index in [1.165, 1.54) is 0 Å². The molecule has 0 saturated heterocycles. The summed E-state index contributed by atoms with van der Waals surface area (Å²) >= 11 is 0. The van der Waals surface area contributed by atoms with E-state index < -0.39 is 6.04 Å². The first-order valence-corrected chi connectivity index (χ1v) is 6.93. The number of tetrazole rings is 1. The molecule has 1 atom stereocenters. The Hall–Kier alpha value is -1.99. The maximum atomic E-state index is 12.4. The van der Waals surface area contributed by atoms with Gasteiger partial charge in [0.15, 0.2) is 0 Å². The molecule has 0 bridgehead atoms. The lowest BCUT2D eigenvalue weighted by molar-refractivity contribution is -0.124. The van der Waals surface area contributed by atoms with Crippen LogP contribution in [0.3, 0.4) is 0 Å². The molecule has 1 unspecified atom stereocenters. The second-order valence-electron chi connectivity index (χ2n) is 4.77. The van der Waals surface area contributed by atoms with Gasteiger partial charge < -0.3 is 10.6 Å². The average Bonchev–Trinajstić information content (AvgIpc) is 2.92. The Morgan fingerprint density at radius 1 is 1.27 bits per heavy atom. The van der Waals surface area contributed by atoms with Crippen LogP contribution in [-0.2, 0) is 11.2 Å². The molecular formula is C14H21ClN6O. The van der Waals surface area contributed by atoms with Crippen molar-refractivity contribution in [3.63, 3.8) is 0 Å². The SMILES string of the molecule is CNCCNC(=O)C(Cc1ccccc1)n1nnnc1C.Cl.